The third-order valence-electron chi connectivity index (χ3n) is 2.69. The van der Waals surface area contributed by atoms with E-state index in [-0.39, 0.29) is 28.5 Å². The number of allylic oxidation sites excluding steroid dienone is 2. The Morgan fingerprint density at radius 2 is 2.06 bits per heavy atom. The van der Waals surface area contributed by atoms with Crippen molar-refractivity contribution in [3.8, 4) is 0 Å². The summed E-state index contributed by atoms with van der Waals surface area (Å²) in [4.78, 5) is 24.1. The quantitative estimate of drug-likeness (QED) is 0.490. The smallest absolute Gasteiger partial charge is 0.302 e. The van der Waals surface area contributed by atoms with Gasteiger partial charge >= 0.3 is 5.69 Å². The first kappa shape index (κ1) is 10.6. The maximum absolute atomic E-state index is 11.8. The van der Waals surface area contributed by atoms with Gasteiger partial charge in [0.2, 0.25) is 5.78 Å². The Morgan fingerprint density at radius 1 is 1.44 bits per heavy atom. The fourth-order valence-electron chi connectivity index (χ4n) is 1.87. The van der Waals surface area contributed by atoms with Crippen molar-refractivity contribution >= 4 is 11.6 Å². The van der Waals surface area contributed by atoms with Crippen LogP contribution in [0.4, 0.5) is 0 Å². The van der Waals surface area contributed by atoms with Crippen molar-refractivity contribution in [2.24, 2.45) is 7.05 Å². The molecule has 0 aromatic carbocycles. The van der Waals surface area contributed by atoms with Gasteiger partial charge in [0.25, 0.3) is 0 Å². The Morgan fingerprint density at radius 3 is 2.62 bits per heavy atom. The first-order valence-electron chi connectivity index (χ1n) is 4.70. The van der Waals surface area contributed by atoms with E-state index in [1.165, 1.54) is 20.0 Å². The molecule has 16 heavy (non-hydrogen) atoms. The molecule has 84 valence electrons. The molecule has 0 atom stereocenters. The highest BCUT2D eigenvalue weighted by molar-refractivity contribution is 6.23. The van der Waals surface area contributed by atoms with Crippen molar-refractivity contribution in [3.05, 3.63) is 28.6 Å². The minimum absolute atomic E-state index is 0.0308. The number of aliphatic hydroxyl groups excluding tert-OH is 1. The fraction of sp³-hybridized carbons (Fsp3) is 0.300. The van der Waals surface area contributed by atoms with Crippen LogP contribution < -0.4 is 4.85 Å². The lowest BCUT2D eigenvalue weighted by molar-refractivity contribution is -0.967. The molecule has 1 aromatic rings. The van der Waals surface area contributed by atoms with Gasteiger partial charge in [0, 0.05) is 5.57 Å². The van der Waals surface area contributed by atoms with Crippen LogP contribution in [0.15, 0.2) is 11.6 Å². The monoisotopic (exact) mass is 223 g/mol. The third-order valence-corrected chi connectivity index (χ3v) is 2.69. The second kappa shape index (κ2) is 3.28. The van der Waals surface area contributed by atoms with Crippen molar-refractivity contribution in [1.82, 2.24) is 4.68 Å². The van der Waals surface area contributed by atoms with Gasteiger partial charge in [-0.3, -0.25) is 14.8 Å². The molecular formula is C10H11N2O4+. The molecule has 0 spiro atoms. The molecule has 1 aromatic heterocycles. The second-order valence-corrected chi connectivity index (χ2v) is 3.66. The minimum atomic E-state index is -0.508. The third kappa shape index (κ3) is 1.13. The van der Waals surface area contributed by atoms with Gasteiger partial charge in [0.1, 0.15) is 17.0 Å². The average Bonchev–Trinajstić information content (AvgIpc) is 2.49. The minimum Gasteiger partial charge on any atom is -0.385 e. The van der Waals surface area contributed by atoms with Gasteiger partial charge in [0.15, 0.2) is 11.5 Å². The van der Waals surface area contributed by atoms with E-state index in [0.717, 1.165) is 4.68 Å². The Labute approximate surface area is 91.0 Å². The number of rotatable bonds is 1. The molecule has 2 N–H and O–H groups in total. The molecule has 0 unspecified atom stereocenters. The molecule has 0 saturated heterocycles. The number of carbonyl (C=O) groups is 2. The van der Waals surface area contributed by atoms with Crippen LogP contribution in [-0.4, -0.2) is 26.6 Å². The van der Waals surface area contributed by atoms with E-state index in [2.05, 4.69) is 0 Å². The number of fused-ring (bicyclic) bond motifs is 1. The van der Waals surface area contributed by atoms with Crippen LogP contribution in [0.5, 0.6) is 0 Å². The zero-order valence-electron chi connectivity index (χ0n) is 8.89. The second-order valence-electron chi connectivity index (χ2n) is 3.66. The summed E-state index contributed by atoms with van der Waals surface area (Å²) in [6.45, 7) is 1.02. The van der Waals surface area contributed by atoms with Crippen molar-refractivity contribution in [3.63, 3.8) is 0 Å². The molecular weight excluding hydrogens is 212 g/mol. The lowest BCUT2D eigenvalue weighted by Gasteiger charge is -2.05. The summed E-state index contributed by atoms with van der Waals surface area (Å²) >= 11 is 0. The standard InChI is InChI=1S/C10H11N2O4/c1-5-3-7(14)9-8(10(5)15)6(4-13)12(16)11(9)2/h3,13,16H,4H2,1-2H3/q+1. The zero-order valence-corrected chi connectivity index (χ0v) is 8.89. The predicted molar refractivity (Wildman–Crippen MR) is 51.1 cm³/mol. The molecule has 0 fully saturated rings. The van der Waals surface area contributed by atoms with E-state index in [1.807, 2.05) is 0 Å². The number of carbonyl (C=O) groups excluding carboxylic acids is 2. The van der Waals surface area contributed by atoms with Crippen LogP contribution in [0.25, 0.3) is 0 Å². The number of ketones is 2. The molecule has 6 nitrogen and oxygen atoms in total. The molecule has 0 radical (unpaired) electrons. The number of Topliss-reactive ketones (excluding diaryl/α,β-unsaturated/α-hetero) is 1. The summed E-state index contributed by atoms with van der Waals surface area (Å²) < 4.78 is 1.14. The Hall–Kier alpha value is -1.95. The maximum atomic E-state index is 11.8. The first-order chi connectivity index (χ1) is 7.49. The van der Waals surface area contributed by atoms with Crippen LogP contribution in [0.1, 0.15) is 33.5 Å². The van der Waals surface area contributed by atoms with Gasteiger partial charge in [0.05, 0.1) is 7.05 Å². The van der Waals surface area contributed by atoms with E-state index in [0.29, 0.717) is 10.4 Å². The number of aromatic nitrogens is 2. The molecule has 0 aliphatic heterocycles. The number of hydrogen-bond donors (Lipinski definition) is 2. The van der Waals surface area contributed by atoms with Crippen LogP contribution in [0.3, 0.4) is 0 Å². The van der Waals surface area contributed by atoms with Crippen molar-refractivity contribution in [2.75, 3.05) is 0 Å². The fourth-order valence-corrected chi connectivity index (χ4v) is 1.87. The van der Waals surface area contributed by atoms with Gasteiger partial charge in [-0.25, -0.2) is 0 Å². The normalized spacial score (nSPS) is 15.1. The highest BCUT2D eigenvalue weighted by Gasteiger charge is 2.39. The largest absolute Gasteiger partial charge is 0.385 e. The van der Waals surface area contributed by atoms with E-state index in [1.54, 1.807) is 0 Å². The van der Waals surface area contributed by atoms with E-state index in [4.69, 9.17) is 5.11 Å². The molecule has 1 aliphatic rings. The van der Waals surface area contributed by atoms with Crippen LogP contribution >= 0.6 is 0 Å². The Kier molecular flexibility index (Phi) is 2.16. The number of hydrogen-bond acceptors (Lipinski definition) is 4. The van der Waals surface area contributed by atoms with E-state index >= 15 is 0 Å². The topological polar surface area (TPSA) is 83.4 Å². The van der Waals surface area contributed by atoms with E-state index < -0.39 is 6.61 Å². The highest BCUT2D eigenvalue weighted by atomic mass is 16.5. The molecule has 1 aliphatic carbocycles. The predicted octanol–water partition coefficient (Wildman–Crippen LogP) is -0.633. The summed E-state index contributed by atoms with van der Waals surface area (Å²) in [5.41, 5.74) is 0.515. The molecule has 0 amide bonds. The van der Waals surface area contributed by atoms with Crippen LogP contribution in [-0.2, 0) is 13.7 Å². The van der Waals surface area contributed by atoms with Gasteiger partial charge in [-0.05, 0) is 13.0 Å². The Bertz CT molecular complexity index is 540. The van der Waals surface area contributed by atoms with Crippen molar-refractivity contribution < 1.29 is 24.7 Å². The summed E-state index contributed by atoms with van der Waals surface area (Å²) in [5.74, 6) is -0.695. The van der Waals surface area contributed by atoms with Gasteiger partial charge < -0.3 is 5.11 Å². The molecule has 0 bridgehead atoms. The van der Waals surface area contributed by atoms with Crippen molar-refractivity contribution in [1.29, 1.82) is 0 Å². The van der Waals surface area contributed by atoms with Gasteiger partial charge in [-0.1, -0.05) is 0 Å². The van der Waals surface area contributed by atoms with Crippen LogP contribution in [0.2, 0.25) is 0 Å². The molecule has 6 heteroatoms. The van der Waals surface area contributed by atoms with Crippen LogP contribution in [0, 0.1) is 0 Å². The zero-order chi connectivity index (χ0) is 12.0. The highest BCUT2D eigenvalue weighted by Crippen LogP contribution is 2.22. The summed E-state index contributed by atoms with van der Waals surface area (Å²) in [5, 5.41) is 18.7. The summed E-state index contributed by atoms with van der Waals surface area (Å²) in [7, 11) is 1.44. The van der Waals surface area contributed by atoms with Crippen molar-refractivity contribution in [2.45, 2.75) is 13.5 Å². The lowest BCUT2D eigenvalue weighted by Crippen LogP contribution is -2.43. The lowest BCUT2D eigenvalue weighted by atomic mass is 9.94. The van der Waals surface area contributed by atoms with Gasteiger partial charge in [-0.15, -0.1) is 4.68 Å². The van der Waals surface area contributed by atoms with E-state index in [9.17, 15) is 14.8 Å². The number of aliphatic hydroxyl groups is 1. The summed E-state index contributed by atoms with van der Waals surface area (Å²) in [6, 6.07) is 0. The molecule has 0 saturated carbocycles. The van der Waals surface area contributed by atoms with Gasteiger partial charge in [-0.2, -0.15) is 0 Å². The average molecular weight is 223 g/mol. The number of nitrogens with zero attached hydrogens (tertiary/aromatic N) is 2. The molecule has 1 heterocycles. The Balaban J connectivity index is 2.82. The SMILES string of the molecule is CC1=CC(=O)c2c(c(CO)[n+](O)n2C)C1=O. The summed E-state index contributed by atoms with van der Waals surface area (Å²) in [6.07, 6.45) is 1.23. The molecule has 2 rings (SSSR count). The first-order valence-corrected chi connectivity index (χ1v) is 4.70. The maximum Gasteiger partial charge on any atom is 0.302 e.